The smallest absolute Gasteiger partial charge is 0.246 e. The van der Waals surface area contributed by atoms with Crippen LogP contribution in [0.2, 0.25) is 0 Å². The lowest BCUT2D eigenvalue weighted by atomic mass is 10.1. The highest BCUT2D eigenvalue weighted by Crippen LogP contribution is 2.19. The van der Waals surface area contributed by atoms with Gasteiger partial charge in [-0.3, -0.25) is 4.79 Å². The predicted octanol–water partition coefficient (Wildman–Crippen LogP) is 2.61. The summed E-state index contributed by atoms with van der Waals surface area (Å²) < 4.78 is 28.6. The summed E-state index contributed by atoms with van der Waals surface area (Å²) in [6.45, 7) is 2.68. The first-order valence-electron chi connectivity index (χ1n) is 8.75. The summed E-state index contributed by atoms with van der Waals surface area (Å²) in [4.78, 5) is 14.3. The zero-order valence-corrected chi connectivity index (χ0v) is 15.8. The fraction of sp³-hybridized carbons (Fsp3) is 0.526. The Labute approximate surface area is 150 Å². The van der Waals surface area contributed by atoms with Crippen LogP contribution in [0.5, 0.6) is 5.75 Å². The highest BCUT2D eigenvalue weighted by atomic mass is 32.2. The largest absolute Gasteiger partial charge is 0.497 e. The molecule has 0 bridgehead atoms. The lowest BCUT2D eigenvalue weighted by Crippen LogP contribution is -2.40. The van der Waals surface area contributed by atoms with Gasteiger partial charge in [0.25, 0.3) is 0 Å². The van der Waals surface area contributed by atoms with Gasteiger partial charge in [-0.15, -0.1) is 0 Å². The van der Waals surface area contributed by atoms with Crippen molar-refractivity contribution in [2.75, 3.05) is 25.2 Å². The Kier molecular flexibility index (Phi) is 7.05. The van der Waals surface area contributed by atoms with Gasteiger partial charge in [0, 0.05) is 12.6 Å². The second-order valence-corrected chi connectivity index (χ2v) is 8.63. The molecule has 0 radical (unpaired) electrons. The van der Waals surface area contributed by atoms with Gasteiger partial charge in [-0.05, 0) is 43.0 Å². The van der Waals surface area contributed by atoms with Crippen LogP contribution in [0.4, 0.5) is 0 Å². The Morgan fingerprint density at radius 2 is 2.04 bits per heavy atom. The second kappa shape index (κ2) is 9.04. The average molecular weight is 365 g/mol. The van der Waals surface area contributed by atoms with Gasteiger partial charge in [0.05, 0.1) is 18.6 Å². The van der Waals surface area contributed by atoms with Crippen LogP contribution in [0.3, 0.4) is 0 Å². The molecule has 1 aromatic rings. The van der Waals surface area contributed by atoms with E-state index in [1.165, 1.54) is 0 Å². The minimum Gasteiger partial charge on any atom is -0.497 e. The molecule has 0 saturated carbocycles. The molecule has 1 atom stereocenters. The van der Waals surface area contributed by atoms with Gasteiger partial charge in [-0.2, -0.15) is 0 Å². The van der Waals surface area contributed by atoms with Crippen molar-refractivity contribution in [2.24, 2.45) is 0 Å². The van der Waals surface area contributed by atoms with Crippen molar-refractivity contribution in [3.05, 3.63) is 42.0 Å². The van der Waals surface area contributed by atoms with Gasteiger partial charge in [0.2, 0.25) is 5.91 Å². The fourth-order valence-corrected chi connectivity index (χ4v) is 4.71. The van der Waals surface area contributed by atoms with Gasteiger partial charge < -0.3 is 9.64 Å². The molecule has 138 valence electrons. The van der Waals surface area contributed by atoms with E-state index in [1.807, 2.05) is 30.3 Å². The molecule has 2 rings (SSSR count). The van der Waals surface area contributed by atoms with Crippen molar-refractivity contribution in [3.8, 4) is 5.75 Å². The maximum Gasteiger partial charge on any atom is 0.246 e. The molecule has 1 saturated heterocycles. The summed E-state index contributed by atoms with van der Waals surface area (Å²) in [5, 5.41) is 0. The Morgan fingerprint density at radius 1 is 1.32 bits per heavy atom. The van der Waals surface area contributed by atoms with E-state index in [9.17, 15) is 13.2 Å². The number of nitrogens with zero attached hydrogens (tertiary/aromatic N) is 1. The molecule has 1 fully saturated rings. The van der Waals surface area contributed by atoms with E-state index < -0.39 is 9.84 Å². The van der Waals surface area contributed by atoms with Crippen molar-refractivity contribution < 1.29 is 17.9 Å². The third kappa shape index (κ3) is 5.88. The topological polar surface area (TPSA) is 63.7 Å². The molecule has 1 aliphatic rings. The monoisotopic (exact) mass is 365 g/mol. The van der Waals surface area contributed by atoms with Crippen molar-refractivity contribution >= 4 is 15.7 Å². The molecule has 1 heterocycles. The first kappa shape index (κ1) is 19.5. The number of hydrogen-bond acceptors (Lipinski definition) is 4. The fourth-order valence-electron chi connectivity index (χ4n) is 2.98. The number of amides is 1. The molecular formula is C19H27NO4S. The van der Waals surface area contributed by atoms with Gasteiger partial charge in [0.15, 0.2) is 9.84 Å². The second-order valence-electron chi connectivity index (χ2n) is 6.40. The summed E-state index contributed by atoms with van der Waals surface area (Å²) in [5.41, 5.74) is 1.09. The summed E-state index contributed by atoms with van der Waals surface area (Å²) in [6.07, 6.45) is 6.47. The molecular weight excluding hydrogens is 338 g/mol. The molecule has 6 heteroatoms. The van der Waals surface area contributed by atoms with Gasteiger partial charge in [-0.25, -0.2) is 8.42 Å². The van der Waals surface area contributed by atoms with E-state index in [-0.39, 0.29) is 23.5 Å². The minimum absolute atomic E-state index is 0.0920. The number of allylic oxidation sites excluding steroid dienone is 1. The quantitative estimate of drug-likeness (QED) is 0.664. The van der Waals surface area contributed by atoms with Crippen LogP contribution in [-0.4, -0.2) is 50.4 Å². The minimum atomic E-state index is -3.00. The van der Waals surface area contributed by atoms with Crippen molar-refractivity contribution in [1.82, 2.24) is 4.90 Å². The molecule has 1 amide bonds. The lowest BCUT2D eigenvalue weighted by Gasteiger charge is -2.27. The number of carbonyl (C=O) groups excluding carboxylic acids is 1. The Hall–Kier alpha value is -1.82. The Bertz CT molecular complexity index is 695. The van der Waals surface area contributed by atoms with Crippen LogP contribution in [0, 0.1) is 0 Å². The number of benzene rings is 1. The van der Waals surface area contributed by atoms with Crippen molar-refractivity contribution in [1.29, 1.82) is 0 Å². The molecule has 25 heavy (non-hydrogen) atoms. The Balaban J connectivity index is 1.97. The summed E-state index contributed by atoms with van der Waals surface area (Å²) in [6, 6.07) is 7.52. The van der Waals surface area contributed by atoms with E-state index >= 15 is 0 Å². The Morgan fingerprint density at radius 3 is 2.60 bits per heavy atom. The zero-order chi connectivity index (χ0) is 18.3. The van der Waals surface area contributed by atoms with Crippen LogP contribution in [-0.2, 0) is 21.1 Å². The maximum atomic E-state index is 12.6. The summed E-state index contributed by atoms with van der Waals surface area (Å²) >= 11 is 0. The highest BCUT2D eigenvalue weighted by Gasteiger charge is 2.33. The first-order chi connectivity index (χ1) is 11.9. The third-order valence-corrected chi connectivity index (χ3v) is 6.21. The number of rotatable bonds is 8. The molecule has 1 aliphatic heterocycles. The van der Waals surface area contributed by atoms with E-state index in [0.29, 0.717) is 19.4 Å². The van der Waals surface area contributed by atoms with Gasteiger partial charge >= 0.3 is 0 Å². The molecule has 0 spiro atoms. The van der Waals surface area contributed by atoms with E-state index in [0.717, 1.165) is 24.2 Å². The lowest BCUT2D eigenvalue weighted by molar-refractivity contribution is -0.127. The maximum absolute atomic E-state index is 12.6. The van der Waals surface area contributed by atoms with Crippen LogP contribution < -0.4 is 4.74 Å². The van der Waals surface area contributed by atoms with Gasteiger partial charge in [0.1, 0.15) is 5.75 Å². The normalized spacial score (nSPS) is 19.2. The zero-order valence-electron chi connectivity index (χ0n) is 15.0. The summed E-state index contributed by atoms with van der Waals surface area (Å²) in [5.74, 6) is 0.985. The molecule has 1 unspecified atom stereocenters. The predicted molar refractivity (Wildman–Crippen MR) is 99.5 cm³/mol. The number of hydrogen-bond donors (Lipinski definition) is 0. The summed E-state index contributed by atoms with van der Waals surface area (Å²) in [7, 11) is -1.37. The van der Waals surface area contributed by atoms with E-state index in [1.54, 1.807) is 18.1 Å². The average Bonchev–Trinajstić information content (AvgIpc) is 2.95. The van der Waals surface area contributed by atoms with Crippen LogP contribution in [0.15, 0.2) is 36.4 Å². The molecule has 1 aromatic carbocycles. The standard InChI is InChI=1S/C19H27NO4S/c1-3-4-13-20(17-12-14-25(22,23)15-17)19(21)7-5-6-16-8-10-18(24-2)11-9-16/h5,7-11,17H,3-4,6,12-15H2,1-2H3/b7-5+. The molecule has 5 nitrogen and oxygen atoms in total. The van der Waals surface area contributed by atoms with Crippen molar-refractivity contribution in [3.63, 3.8) is 0 Å². The number of unbranched alkanes of at least 4 members (excludes halogenated alkanes) is 1. The first-order valence-corrected chi connectivity index (χ1v) is 10.6. The number of sulfone groups is 1. The van der Waals surface area contributed by atoms with Crippen LogP contribution in [0.1, 0.15) is 31.7 Å². The highest BCUT2D eigenvalue weighted by molar-refractivity contribution is 7.91. The third-order valence-electron chi connectivity index (χ3n) is 4.46. The SMILES string of the molecule is CCCCN(C(=O)/C=C/Cc1ccc(OC)cc1)C1CCS(=O)(=O)C1. The number of ether oxygens (including phenoxy) is 1. The molecule has 0 N–H and O–H groups in total. The van der Waals surface area contributed by atoms with Crippen molar-refractivity contribution in [2.45, 2.75) is 38.6 Å². The molecule has 0 aromatic heterocycles. The van der Waals surface area contributed by atoms with E-state index in [2.05, 4.69) is 6.92 Å². The van der Waals surface area contributed by atoms with Crippen LogP contribution >= 0.6 is 0 Å². The van der Waals surface area contributed by atoms with E-state index in [4.69, 9.17) is 4.74 Å². The number of carbonyl (C=O) groups is 1. The van der Waals surface area contributed by atoms with Gasteiger partial charge in [-0.1, -0.05) is 31.6 Å². The molecule has 0 aliphatic carbocycles. The number of methoxy groups -OCH3 is 1. The van der Waals surface area contributed by atoms with Crippen LogP contribution in [0.25, 0.3) is 0 Å².